The summed E-state index contributed by atoms with van der Waals surface area (Å²) in [6.45, 7) is 1.57. The highest BCUT2D eigenvalue weighted by Crippen LogP contribution is 2.25. The van der Waals surface area contributed by atoms with Crippen molar-refractivity contribution in [2.45, 2.75) is 19.9 Å². The smallest absolute Gasteiger partial charge is 0.341 e. The van der Waals surface area contributed by atoms with Crippen molar-refractivity contribution in [1.82, 2.24) is 10.3 Å². The maximum Gasteiger partial charge on any atom is 0.341 e. The topological polar surface area (TPSA) is 108 Å². The van der Waals surface area contributed by atoms with Gasteiger partial charge >= 0.3 is 5.97 Å². The number of nitrogens with one attached hydrogen (secondary N) is 2. The summed E-state index contributed by atoms with van der Waals surface area (Å²) in [6.07, 6.45) is -0.371. The first-order chi connectivity index (χ1) is 14.7. The summed E-state index contributed by atoms with van der Waals surface area (Å²) >= 11 is 6.07. The molecule has 1 aromatic heterocycles. The SMILES string of the molecule is CCOc1c(F)ccc(CC(=O)NCc2cc(Cl)cc3cc(C(=O)O)c(=O)[nH]c23)c1F. The van der Waals surface area contributed by atoms with Crippen LogP contribution in [0.5, 0.6) is 5.75 Å². The molecular formula is C21H17ClF2N2O5. The fourth-order valence-corrected chi connectivity index (χ4v) is 3.32. The molecule has 162 valence electrons. The van der Waals surface area contributed by atoms with Gasteiger partial charge in [-0.25, -0.2) is 13.6 Å². The minimum absolute atomic E-state index is 0.0437. The standard InChI is InChI=1S/C21H17ClF2N2O5/c1-2-31-19-15(23)4-3-10(17(19)24)8-16(27)25-9-12-6-13(22)5-11-7-14(21(29)30)20(28)26-18(11)12/h3-7H,2,8-9H2,1H3,(H,25,27)(H,26,28)(H,29,30). The van der Waals surface area contributed by atoms with Crippen molar-refractivity contribution in [2.75, 3.05) is 6.61 Å². The molecule has 7 nitrogen and oxygen atoms in total. The third-order valence-corrected chi connectivity index (χ3v) is 4.69. The number of hydrogen-bond acceptors (Lipinski definition) is 4. The molecule has 10 heteroatoms. The number of hydrogen-bond donors (Lipinski definition) is 3. The Bertz CT molecular complexity index is 1240. The number of H-pyrrole nitrogens is 1. The minimum atomic E-state index is -1.38. The van der Waals surface area contributed by atoms with E-state index in [1.54, 1.807) is 6.92 Å². The van der Waals surface area contributed by atoms with Gasteiger partial charge in [0, 0.05) is 22.5 Å². The van der Waals surface area contributed by atoms with E-state index in [-0.39, 0.29) is 30.2 Å². The Kier molecular flexibility index (Phi) is 6.55. The number of benzene rings is 2. The van der Waals surface area contributed by atoms with E-state index in [9.17, 15) is 23.2 Å². The number of amides is 1. The number of pyridine rings is 1. The van der Waals surface area contributed by atoms with Gasteiger partial charge in [-0.05, 0) is 36.8 Å². The Morgan fingerprint density at radius 3 is 2.61 bits per heavy atom. The zero-order chi connectivity index (χ0) is 22.7. The number of carbonyl (C=O) groups excluding carboxylic acids is 1. The average Bonchev–Trinajstić information content (AvgIpc) is 2.71. The van der Waals surface area contributed by atoms with Gasteiger partial charge in [0.1, 0.15) is 5.56 Å². The van der Waals surface area contributed by atoms with Gasteiger partial charge in [-0.15, -0.1) is 0 Å². The summed E-state index contributed by atoms with van der Waals surface area (Å²) in [6, 6.07) is 6.36. The molecule has 3 aromatic rings. The van der Waals surface area contributed by atoms with E-state index >= 15 is 0 Å². The van der Waals surface area contributed by atoms with E-state index in [2.05, 4.69) is 10.3 Å². The second-order valence-corrected chi connectivity index (χ2v) is 7.02. The van der Waals surface area contributed by atoms with Crippen molar-refractivity contribution in [2.24, 2.45) is 0 Å². The van der Waals surface area contributed by atoms with E-state index in [4.69, 9.17) is 21.4 Å². The molecule has 0 saturated carbocycles. The quantitative estimate of drug-likeness (QED) is 0.511. The van der Waals surface area contributed by atoms with Gasteiger partial charge < -0.3 is 20.1 Å². The summed E-state index contributed by atoms with van der Waals surface area (Å²) in [4.78, 5) is 38.0. The average molecular weight is 451 g/mol. The van der Waals surface area contributed by atoms with Crippen molar-refractivity contribution in [1.29, 1.82) is 0 Å². The van der Waals surface area contributed by atoms with Crippen LogP contribution in [0.1, 0.15) is 28.4 Å². The number of carboxylic acid groups (broad SMARTS) is 1. The minimum Gasteiger partial charge on any atom is -0.488 e. The summed E-state index contributed by atoms with van der Waals surface area (Å²) in [7, 11) is 0. The number of ether oxygens (including phenoxy) is 1. The first-order valence-electron chi connectivity index (χ1n) is 9.16. The molecule has 1 amide bonds. The molecule has 0 atom stereocenters. The van der Waals surface area contributed by atoms with Crippen molar-refractivity contribution in [3.05, 3.63) is 74.0 Å². The first kappa shape index (κ1) is 22.2. The van der Waals surface area contributed by atoms with Gasteiger partial charge in [-0.1, -0.05) is 17.7 Å². The molecule has 31 heavy (non-hydrogen) atoms. The maximum absolute atomic E-state index is 14.4. The summed E-state index contributed by atoms with van der Waals surface area (Å²) in [5, 5.41) is 12.3. The molecule has 1 heterocycles. The van der Waals surface area contributed by atoms with Gasteiger partial charge in [0.05, 0.1) is 18.5 Å². The van der Waals surface area contributed by atoms with Crippen LogP contribution in [-0.4, -0.2) is 28.6 Å². The lowest BCUT2D eigenvalue weighted by Gasteiger charge is -2.12. The number of carboxylic acids is 1. The predicted molar refractivity (Wildman–Crippen MR) is 110 cm³/mol. The van der Waals surface area contributed by atoms with Crippen LogP contribution >= 0.6 is 11.6 Å². The number of aromatic nitrogens is 1. The van der Waals surface area contributed by atoms with Crippen LogP contribution in [0.15, 0.2) is 35.1 Å². The Labute approximate surface area is 179 Å². The van der Waals surface area contributed by atoms with Crippen molar-refractivity contribution in [3.63, 3.8) is 0 Å². The fraction of sp³-hybridized carbons (Fsp3) is 0.190. The van der Waals surface area contributed by atoms with Crippen molar-refractivity contribution >= 4 is 34.4 Å². The molecule has 0 radical (unpaired) electrons. The van der Waals surface area contributed by atoms with E-state index in [1.807, 2.05) is 0 Å². The van der Waals surface area contributed by atoms with Crippen LogP contribution in [0.2, 0.25) is 5.02 Å². The molecule has 0 fully saturated rings. The molecular weight excluding hydrogens is 434 g/mol. The largest absolute Gasteiger partial charge is 0.488 e. The zero-order valence-electron chi connectivity index (χ0n) is 16.2. The van der Waals surface area contributed by atoms with E-state index < -0.39 is 40.4 Å². The second kappa shape index (κ2) is 9.13. The predicted octanol–water partition coefficient (Wildman–Crippen LogP) is 3.42. The first-order valence-corrected chi connectivity index (χ1v) is 9.54. The second-order valence-electron chi connectivity index (χ2n) is 6.58. The van der Waals surface area contributed by atoms with Crippen LogP contribution in [0.3, 0.4) is 0 Å². The van der Waals surface area contributed by atoms with Gasteiger partial charge in [0.25, 0.3) is 5.56 Å². The molecule has 0 aliphatic rings. The summed E-state index contributed by atoms with van der Waals surface area (Å²) < 4.78 is 33.0. The molecule has 0 saturated heterocycles. The number of rotatable bonds is 7. The highest BCUT2D eigenvalue weighted by atomic mass is 35.5. The highest BCUT2D eigenvalue weighted by molar-refractivity contribution is 6.31. The lowest BCUT2D eigenvalue weighted by atomic mass is 10.1. The van der Waals surface area contributed by atoms with E-state index in [0.29, 0.717) is 16.5 Å². The van der Waals surface area contributed by atoms with Crippen LogP contribution in [0.4, 0.5) is 8.78 Å². The monoisotopic (exact) mass is 450 g/mol. The third-order valence-electron chi connectivity index (χ3n) is 4.47. The molecule has 3 rings (SSSR count). The van der Waals surface area contributed by atoms with Gasteiger partial charge in [-0.2, -0.15) is 0 Å². The normalized spacial score (nSPS) is 10.8. The lowest BCUT2D eigenvalue weighted by Crippen LogP contribution is -2.26. The maximum atomic E-state index is 14.4. The molecule has 0 spiro atoms. The number of halogens is 3. The molecule has 0 bridgehead atoms. The molecule has 0 aliphatic heterocycles. The zero-order valence-corrected chi connectivity index (χ0v) is 17.0. The fourth-order valence-electron chi connectivity index (χ4n) is 3.07. The molecule has 0 aliphatic carbocycles. The van der Waals surface area contributed by atoms with Gasteiger partial charge in [-0.3, -0.25) is 9.59 Å². The summed E-state index contributed by atoms with van der Waals surface area (Å²) in [5.41, 5.74) is -0.544. The molecule has 3 N–H and O–H groups in total. The number of aromatic carboxylic acids is 1. The number of aromatic amines is 1. The Morgan fingerprint density at radius 1 is 1.19 bits per heavy atom. The Balaban J connectivity index is 1.82. The van der Waals surface area contributed by atoms with Crippen LogP contribution in [0, 0.1) is 11.6 Å². The third kappa shape index (κ3) is 4.83. The number of fused-ring (bicyclic) bond motifs is 1. The van der Waals surface area contributed by atoms with Crippen molar-refractivity contribution in [3.8, 4) is 5.75 Å². The van der Waals surface area contributed by atoms with Crippen LogP contribution in [0.25, 0.3) is 10.9 Å². The lowest BCUT2D eigenvalue weighted by molar-refractivity contribution is -0.120. The van der Waals surface area contributed by atoms with Crippen LogP contribution < -0.4 is 15.6 Å². The highest BCUT2D eigenvalue weighted by Gasteiger charge is 2.18. The van der Waals surface area contributed by atoms with Crippen LogP contribution in [-0.2, 0) is 17.8 Å². The van der Waals surface area contributed by atoms with E-state index in [0.717, 1.165) is 12.1 Å². The summed E-state index contributed by atoms with van der Waals surface area (Å²) in [5.74, 6) is -4.30. The molecule has 2 aromatic carbocycles. The van der Waals surface area contributed by atoms with E-state index in [1.165, 1.54) is 18.2 Å². The van der Waals surface area contributed by atoms with Gasteiger partial charge in [0.2, 0.25) is 5.91 Å². The Hall–Kier alpha value is -3.46. The number of carbonyl (C=O) groups is 2. The van der Waals surface area contributed by atoms with Crippen molar-refractivity contribution < 1.29 is 28.2 Å². The molecule has 0 unspecified atom stereocenters. The Morgan fingerprint density at radius 2 is 1.94 bits per heavy atom. The van der Waals surface area contributed by atoms with Gasteiger partial charge in [0.15, 0.2) is 17.4 Å².